The second-order valence-electron chi connectivity index (χ2n) is 2.58. The number of aromatic nitrogens is 2. The zero-order valence-electron chi connectivity index (χ0n) is 8.20. The molecule has 1 aromatic rings. The van der Waals surface area contributed by atoms with Crippen molar-refractivity contribution in [3.8, 4) is 12.3 Å². The summed E-state index contributed by atoms with van der Waals surface area (Å²) in [6.45, 7) is 1.81. The Morgan fingerprint density at radius 1 is 1.71 bits per heavy atom. The average molecular weight is 188 g/mol. The van der Waals surface area contributed by atoms with Gasteiger partial charge in [-0.1, -0.05) is 12.0 Å². The lowest BCUT2D eigenvalue weighted by atomic mass is 10.4. The lowest BCUT2D eigenvalue weighted by molar-refractivity contribution is 0.802. The number of hydrogen-bond donors (Lipinski definition) is 2. The molecule has 72 valence electrons. The smallest absolute Gasteiger partial charge is 0.147 e. The Balaban J connectivity index is 3.34. The molecule has 0 unspecified atom stereocenters. The number of nitrogens with zero attached hydrogens (tertiary/aromatic N) is 2. The molecule has 1 aromatic heterocycles. The highest BCUT2D eigenvalue weighted by molar-refractivity contribution is 5.61. The second-order valence-corrected chi connectivity index (χ2v) is 2.58. The molecule has 0 aliphatic heterocycles. The molecule has 4 heteroatoms. The van der Waals surface area contributed by atoms with Crippen LogP contribution in [0, 0.1) is 17.8 Å². The largest absolute Gasteiger partial charge is 0.372 e. The van der Waals surface area contributed by atoms with E-state index in [1.54, 1.807) is 25.3 Å². The van der Waals surface area contributed by atoms with Crippen LogP contribution in [0.3, 0.4) is 0 Å². The van der Waals surface area contributed by atoms with Gasteiger partial charge in [-0.3, -0.25) is 5.41 Å². The summed E-state index contributed by atoms with van der Waals surface area (Å²) in [5, 5.41) is 14.6. The molecule has 1 rings (SSSR count). The van der Waals surface area contributed by atoms with Gasteiger partial charge in [-0.25, -0.2) is 4.68 Å². The van der Waals surface area contributed by atoms with Gasteiger partial charge in [0.15, 0.2) is 0 Å². The fraction of sp³-hybridized carbons (Fsp3) is 0.200. The molecule has 0 spiro atoms. The first-order valence-electron chi connectivity index (χ1n) is 4.19. The number of allylic oxidation sites excluding steroid dienone is 2. The minimum Gasteiger partial charge on any atom is -0.372 e. The van der Waals surface area contributed by atoms with Crippen molar-refractivity contribution in [3.05, 3.63) is 23.7 Å². The molecular formula is C10H12N4. The maximum atomic E-state index is 7.62. The summed E-state index contributed by atoms with van der Waals surface area (Å²) in [5.74, 6) is 3.15. The van der Waals surface area contributed by atoms with Gasteiger partial charge in [-0.2, -0.15) is 0 Å². The average Bonchev–Trinajstić information content (AvgIpc) is 2.22. The molecule has 0 aliphatic rings. The zero-order chi connectivity index (χ0) is 10.6. The highest BCUT2D eigenvalue weighted by Gasteiger charge is 1.99. The van der Waals surface area contributed by atoms with Crippen LogP contribution in [0.25, 0.3) is 5.70 Å². The summed E-state index contributed by atoms with van der Waals surface area (Å²) in [4.78, 5) is 0. The van der Waals surface area contributed by atoms with Gasteiger partial charge in [0.1, 0.15) is 17.0 Å². The van der Waals surface area contributed by atoms with Crippen LogP contribution < -0.4 is 10.8 Å². The monoisotopic (exact) mass is 188 g/mol. The van der Waals surface area contributed by atoms with Gasteiger partial charge in [-0.05, 0) is 19.1 Å². The van der Waals surface area contributed by atoms with Gasteiger partial charge in [0, 0.05) is 7.05 Å². The number of hydrogen-bond acceptors (Lipinski definition) is 3. The first-order chi connectivity index (χ1) is 6.72. The Morgan fingerprint density at radius 3 is 2.93 bits per heavy atom. The van der Waals surface area contributed by atoms with Crippen molar-refractivity contribution < 1.29 is 0 Å². The van der Waals surface area contributed by atoms with E-state index in [-0.39, 0.29) is 5.49 Å². The summed E-state index contributed by atoms with van der Waals surface area (Å²) in [7, 11) is 1.77. The third-order valence-corrected chi connectivity index (χ3v) is 1.74. The van der Waals surface area contributed by atoms with Gasteiger partial charge >= 0.3 is 0 Å². The fourth-order valence-electron chi connectivity index (χ4n) is 1.01. The first-order valence-corrected chi connectivity index (χ1v) is 4.19. The van der Waals surface area contributed by atoms with E-state index in [1.807, 2.05) is 6.92 Å². The first kappa shape index (κ1) is 10.1. The van der Waals surface area contributed by atoms with Gasteiger partial charge < -0.3 is 5.32 Å². The predicted octanol–water partition coefficient (Wildman–Crippen LogP) is 0.898. The Kier molecular flexibility index (Phi) is 3.08. The third kappa shape index (κ3) is 1.83. The highest BCUT2D eigenvalue weighted by Crippen LogP contribution is 2.00. The summed E-state index contributed by atoms with van der Waals surface area (Å²) in [6, 6.07) is 3.36. The maximum Gasteiger partial charge on any atom is 0.147 e. The van der Waals surface area contributed by atoms with Gasteiger partial charge in [0.05, 0.1) is 0 Å². The number of rotatable bonds is 2. The van der Waals surface area contributed by atoms with E-state index in [4.69, 9.17) is 11.8 Å². The van der Waals surface area contributed by atoms with E-state index in [1.165, 1.54) is 4.68 Å². The van der Waals surface area contributed by atoms with E-state index in [0.29, 0.717) is 11.5 Å². The van der Waals surface area contributed by atoms with Crippen LogP contribution in [0.1, 0.15) is 6.92 Å². The fourth-order valence-corrected chi connectivity index (χ4v) is 1.01. The molecule has 0 aromatic carbocycles. The predicted molar refractivity (Wildman–Crippen MR) is 56.4 cm³/mol. The minimum atomic E-state index is 0.259. The van der Waals surface area contributed by atoms with Gasteiger partial charge in [-0.15, -0.1) is 11.5 Å². The van der Waals surface area contributed by atoms with E-state index < -0.39 is 0 Å². The molecule has 0 amide bonds. The van der Waals surface area contributed by atoms with Crippen molar-refractivity contribution >= 4 is 11.5 Å². The second kappa shape index (κ2) is 4.28. The number of nitrogens with one attached hydrogen (secondary N) is 2. The summed E-state index contributed by atoms with van der Waals surface area (Å²) in [5.41, 5.74) is 0.821. The minimum absolute atomic E-state index is 0.259. The summed E-state index contributed by atoms with van der Waals surface area (Å²) < 4.78 is 1.41. The van der Waals surface area contributed by atoms with Gasteiger partial charge in [0.25, 0.3) is 0 Å². The lowest BCUT2D eigenvalue weighted by Crippen LogP contribution is -2.21. The Hall–Kier alpha value is -2.02. The molecule has 2 N–H and O–H groups in total. The number of anilines is 1. The van der Waals surface area contributed by atoms with E-state index in [0.717, 1.165) is 0 Å². The Morgan fingerprint density at radius 2 is 2.43 bits per heavy atom. The maximum absolute atomic E-state index is 7.62. The SMILES string of the molecule is C#C/C(=C/C)n1nc(NC)ccc1=N. The van der Waals surface area contributed by atoms with Crippen LogP contribution in [0.4, 0.5) is 5.82 Å². The van der Waals surface area contributed by atoms with E-state index >= 15 is 0 Å². The van der Waals surface area contributed by atoms with Crippen LogP contribution in [-0.4, -0.2) is 16.8 Å². The molecule has 0 fully saturated rings. The van der Waals surface area contributed by atoms with Crippen molar-refractivity contribution in [3.63, 3.8) is 0 Å². The molecule has 0 aliphatic carbocycles. The highest BCUT2D eigenvalue weighted by atomic mass is 15.3. The summed E-state index contributed by atoms with van der Waals surface area (Å²) in [6.07, 6.45) is 7.03. The van der Waals surface area contributed by atoms with Crippen LogP contribution in [0.2, 0.25) is 0 Å². The van der Waals surface area contributed by atoms with Crippen LogP contribution in [0.15, 0.2) is 18.2 Å². The molecule has 0 saturated heterocycles. The molecule has 14 heavy (non-hydrogen) atoms. The molecule has 0 radical (unpaired) electrons. The molecule has 0 atom stereocenters. The molecule has 0 bridgehead atoms. The normalized spacial score (nSPS) is 10.8. The number of terminal acetylenes is 1. The van der Waals surface area contributed by atoms with Crippen molar-refractivity contribution in [1.29, 1.82) is 5.41 Å². The third-order valence-electron chi connectivity index (χ3n) is 1.74. The quantitative estimate of drug-likeness (QED) is 0.677. The Labute approximate surface area is 82.8 Å². The van der Waals surface area contributed by atoms with Gasteiger partial charge in [0.2, 0.25) is 0 Å². The van der Waals surface area contributed by atoms with Crippen molar-refractivity contribution in [2.75, 3.05) is 12.4 Å². The van der Waals surface area contributed by atoms with Crippen LogP contribution in [-0.2, 0) is 0 Å². The Bertz CT molecular complexity index is 448. The van der Waals surface area contributed by atoms with Crippen molar-refractivity contribution in [1.82, 2.24) is 9.78 Å². The standard InChI is InChI=1S/C10H12N4/c1-4-8(5-2)14-9(11)6-7-10(12-3)13-14/h1,5-7,11H,2-3H3,(H,12,13)/b8-5-,11-9?. The van der Waals surface area contributed by atoms with Crippen LogP contribution in [0.5, 0.6) is 0 Å². The molecule has 1 heterocycles. The van der Waals surface area contributed by atoms with Crippen LogP contribution >= 0.6 is 0 Å². The topological polar surface area (TPSA) is 53.7 Å². The molecular weight excluding hydrogens is 176 g/mol. The van der Waals surface area contributed by atoms with E-state index in [9.17, 15) is 0 Å². The van der Waals surface area contributed by atoms with Crippen molar-refractivity contribution in [2.45, 2.75) is 6.92 Å². The summed E-state index contributed by atoms with van der Waals surface area (Å²) >= 11 is 0. The zero-order valence-corrected chi connectivity index (χ0v) is 8.20. The van der Waals surface area contributed by atoms with E-state index in [2.05, 4.69) is 16.3 Å². The lowest BCUT2D eigenvalue weighted by Gasteiger charge is -2.06. The van der Waals surface area contributed by atoms with Crippen molar-refractivity contribution in [2.24, 2.45) is 0 Å². The molecule has 0 saturated carbocycles. The molecule has 4 nitrogen and oxygen atoms in total.